The molecule has 16 heavy (non-hydrogen) atoms. The van der Waals surface area contributed by atoms with Gasteiger partial charge in [0.05, 0.1) is 0 Å². The van der Waals surface area contributed by atoms with Crippen molar-refractivity contribution in [2.45, 2.75) is 6.92 Å². The van der Waals surface area contributed by atoms with Crippen LogP contribution in [0.4, 0.5) is 4.39 Å². The van der Waals surface area contributed by atoms with E-state index in [1.54, 1.807) is 24.0 Å². The van der Waals surface area contributed by atoms with Gasteiger partial charge in [-0.15, -0.1) is 0 Å². The number of allylic oxidation sites excluding steroid dienone is 5. The topological polar surface area (TPSA) is 23.6 Å². The van der Waals surface area contributed by atoms with Crippen molar-refractivity contribution in [1.82, 2.24) is 9.80 Å². The van der Waals surface area contributed by atoms with Crippen LogP contribution in [0.5, 0.6) is 0 Å². The van der Waals surface area contributed by atoms with Crippen LogP contribution < -0.4 is 0 Å². The van der Waals surface area contributed by atoms with Crippen LogP contribution in [0.2, 0.25) is 0 Å². The highest BCUT2D eigenvalue weighted by molar-refractivity contribution is 5.47. The van der Waals surface area contributed by atoms with E-state index < -0.39 is 0 Å². The zero-order valence-corrected chi connectivity index (χ0v) is 9.47. The number of carbonyl (C=O) groups is 1. The molecule has 1 heterocycles. The minimum atomic E-state index is -0.259. The molecule has 0 N–H and O–H groups in total. The Morgan fingerprint density at radius 2 is 1.81 bits per heavy atom. The molecule has 1 rings (SSSR count). The van der Waals surface area contributed by atoms with Gasteiger partial charge in [-0.05, 0) is 31.4 Å². The molecule has 0 aromatic carbocycles. The smallest absolute Gasteiger partial charge is 0.209 e. The molecule has 1 amide bonds. The first-order chi connectivity index (χ1) is 7.76. The Hall–Kier alpha value is -1.58. The largest absolute Gasteiger partial charge is 0.374 e. The van der Waals surface area contributed by atoms with Gasteiger partial charge in [0.1, 0.15) is 5.83 Å². The lowest BCUT2D eigenvalue weighted by Gasteiger charge is -2.31. The Kier molecular flexibility index (Phi) is 5.32. The van der Waals surface area contributed by atoms with Crippen molar-refractivity contribution in [3.8, 4) is 0 Å². The monoisotopic (exact) mass is 224 g/mol. The number of piperazine rings is 1. The van der Waals surface area contributed by atoms with Crippen LogP contribution in [0.3, 0.4) is 0 Å². The molecule has 1 saturated heterocycles. The summed E-state index contributed by atoms with van der Waals surface area (Å²) in [4.78, 5) is 14.3. The number of nitrogens with zero attached hydrogens (tertiary/aromatic N) is 2. The highest BCUT2D eigenvalue weighted by Gasteiger charge is 2.11. The number of hydrogen-bond acceptors (Lipinski definition) is 2. The van der Waals surface area contributed by atoms with Gasteiger partial charge in [0.25, 0.3) is 0 Å². The lowest BCUT2D eigenvalue weighted by atomic mass is 10.3. The normalized spacial score (nSPS) is 18.8. The van der Waals surface area contributed by atoms with Gasteiger partial charge in [-0.1, -0.05) is 6.08 Å². The van der Waals surface area contributed by atoms with E-state index in [0.717, 1.165) is 32.6 Å². The summed E-state index contributed by atoms with van der Waals surface area (Å²) in [5.41, 5.74) is 0. The Morgan fingerprint density at radius 3 is 2.38 bits per heavy atom. The van der Waals surface area contributed by atoms with Crippen LogP contribution >= 0.6 is 0 Å². The quantitative estimate of drug-likeness (QED) is 0.536. The Morgan fingerprint density at radius 1 is 1.19 bits per heavy atom. The molecule has 0 unspecified atom stereocenters. The first-order valence-corrected chi connectivity index (χ1v) is 5.36. The third-order valence-corrected chi connectivity index (χ3v) is 2.38. The maximum absolute atomic E-state index is 12.9. The highest BCUT2D eigenvalue weighted by Crippen LogP contribution is 2.02. The molecule has 0 aromatic heterocycles. The van der Waals surface area contributed by atoms with Crippen LogP contribution in [-0.4, -0.2) is 42.4 Å². The molecule has 0 radical (unpaired) electrons. The van der Waals surface area contributed by atoms with Gasteiger partial charge in [-0.25, -0.2) is 4.39 Å². The molecule has 88 valence electrons. The van der Waals surface area contributed by atoms with Gasteiger partial charge in [0.15, 0.2) is 0 Å². The van der Waals surface area contributed by atoms with E-state index >= 15 is 0 Å². The molecule has 0 bridgehead atoms. The van der Waals surface area contributed by atoms with Crippen LogP contribution in [0.1, 0.15) is 6.92 Å². The van der Waals surface area contributed by atoms with E-state index in [0.29, 0.717) is 0 Å². The highest BCUT2D eigenvalue weighted by atomic mass is 19.1. The Bertz CT molecular complexity index is 302. The standard InChI is InChI=1S/C12H17FN2O/c1-2-4-12(13)5-3-6-14-7-9-15(11-16)10-8-14/h2-6,11H,7-10H2,1H3/b4-2-,6-3+,12-5+. The van der Waals surface area contributed by atoms with E-state index in [4.69, 9.17) is 0 Å². The van der Waals surface area contributed by atoms with Crippen molar-refractivity contribution in [2.24, 2.45) is 0 Å². The lowest BCUT2D eigenvalue weighted by Crippen LogP contribution is -2.43. The van der Waals surface area contributed by atoms with E-state index in [-0.39, 0.29) is 5.83 Å². The van der Waals surface area contributed by atoms with Crippen molar-refractivity contribution in [1.29, 1.82) is 0 Å². The first kappa shape index (κ1) is 12.5. The first-order valence-electron chi connectivity index (χ1n) is 5.36. The molecule has 1 aliphatic rings. The second kappa shape index (κ2) is 6.82. The van der Waals surface area contributed by atoms with Gasteiger partial charge in [0, 0.05) is 26.2 Å². The molecule has 0 saturated carbocycles. The molecular formula is C12H17FN2O. The second-order valence-electron chi connectivity index (χ2n) is 3.57. The number of amides is 1. The van der Waals surface area contributed by atoms with Crippen molar-refractivity contribution in [3.05, 3.63) is 36.3 Å². The van der Waals surface area contributed by atoms with Crippen LogP contribution in [-0.2, 0) is 4.79 Å². The Labute approximate surface area is 95.5 Å². The average molecular weight is 224 g/mol. The summed E-state index contributed by atoms with van der Waals surface area (Å²) >= 11 is 0. The molecule has 0 aromatic rings. The van der Waals surface area contributed by atoms with Crippen LogP contribution in [0, 0.1) is 0 Å². The number of rotatable bonds is 4. The van der Waals surface area contributed by atoms with Gasteiger partial charge in [-0.3, -0.25) is 4.79 Å². The molecule has 4 heteroatoms. The van der Waals surface area contributed by atoms with Crippen molar-refractivity contribution in [3.63, 3.8) is 0 Å². The number of halogens is 1. The Balaban J connectivity index is 2.36. The second-order valence-corrected chi connectivity index (χ2v) is 3.57. The van der Waals surface area contributed by atoms with Crippen LogP contribution in [0.15, 0.2) is 36.3 Å². The zero-order valence-electron chi connectivity index (χ0n) is 9.47. The number of hydrogen-bond donors (Lipinski definition) is 0. The predicted molar refractivity (Wildman–Crippen MR) is 62.4 cm³/mol. The van der Waals surface area contributed by atoms with Gasteiger partial charge < -0.3 is 9.80 Å². The summed E-state index contributed by atoms with van der Waals surface area (Å²) in [5.74, 6) is -0.259. The van der Waals surface area contributed by atoms with Gasteiger partial charge >= 0.3 is 0 Å². The number of carbonyl (C=O) groups excluding carboxylic acids is 1. The molecule has 0 atom stereocenters. The summed E-state index contributed by atoms with van der Waals surface area (Å²) in [6, 6.07) is 0. The van der Waals surface area contributed by atoms with Crippen molar-refractivity contribution >= 4 is 6.41 Å². The summed E-state index contributed by atoms with van der Waals surface area (Å²) < 4.78 is 12.9. The zero-order chi connectivity index (χ0) is 11.8. The minimum Gasteiger partial charge on any atom is -0.374 e. The maximum Gasteiger partial charge on any atom is 0.209 e. The minimum absolute atomic E-state index is 0.259. The molecular weight excluding hydrogens is 207 g/mol. The summed E-state index contributed by atoms with van der Waals surface area (Å²) in [6.07, 6.45) is 8.90. The summed E-state index contributed by atoms with van der Waals surface area (Å²) in [7, 11) is 0. The van der Waals surface area contributed by atoms with Crippen LogP contribution in [0.25, 0.3) is 0 Å². The van der Waals surface area contributed by atoms with Gasteiger partial charge in [-0.2, -0.15) is 0 Å². The fourth-order valence-corrected chi connectivity index (χ4v) is 1.46. The third-order valence-electron chi connectivity index (χ3n) is 2.38. The predicted octanol–water partition coefficient (Wildman–Crippen LogP) is 1.70. The van der Waals surface area contributed by atoms with Crippen molar-refractivity contribution < 1.29 is 9.18 Å². The fourth-order valence-electron chi connectivity index (χ4n) is 1.46. The molecule has 3 nitrogen and oxygen atoms in total. The molecule has 1 fully saturated rings. The molecule has 0 aliphatic carbocycles. The fraction of sp³-hybridized carbons (Fsp3) is 0.417. The van der Waals surface area contributed by atoms with Gasteiger partial charge in [0.2, 0.25) is 6.41 Å². The molecule has 0 spiro atoms. The average Bonchev–Trinajstić information content (AvgIpc) is 2.30. The van der Waals surface area contributed by atoms with E-state index in [1.807, 2.05) is 6.20 Å². The third kappa shape index (κ3) is 4.29. The van der Waals surface area contributed by atoms with Crippen molar-refractivity contribution in [2.75, 3.05) is 26.2 Å². The lowest BCUT2D eigenvalue weighted by molar-refractivity contribution is -0.119. The maximum atomic E-state index is 12.9. The van der Waals surface area contributed by atoms with E-state index in [1.165, 1.54) is 12.2 Å². The summed E-state index contributed by atoms with van der Waals surface area (Å²) in [6.45, 7) is 4.84. The summed E-state index contributed by atoms with van der Waals surface area (Å²) in [5, 5.41) is 0. The SMILES string of the molecule is C\C=C/C(F)=C\C=C\N1CCN(C=O)CC1. The van der Waals surface area contributed by atoms with E-state index in [2.05, 4.69) is 4.90 Å². The molecule has 1 aliphatic heterocycles. The van der Waals surface area contributed by atoms with E-state index in [9.17, 15) is 9.18 Å².